The minimum absolute atomic E-state index is 0.0469. The Hall–Kier alpha value is -0.870. The van der Waals surface area contributed by atoms with E-state index in [9.17, 15) is 4.79 Å². The van der Waals surface area contributed by atoms with Gasteiger partial charge in [0.2, 0.25) is 5.78 Å². The molecule has 0 fully saturated rings. The molecule has 0 aliphatic carbocycles. The van der Waals surface area contributed by atoms with Crippen molar-refractivity contribution in [1.82, 2.24) is 15.1 Å². The lowest BCUT2D eigenvalue weighted by molar-refractivity contribution is 0.0878. The van der Waals surface area contributed by atoms with Gasteiger partial charge in [0.1, 0.15) is 5.69 Å². The largest absolute Gasteiger partial charge is 0.308 e. The van der Waals surface area contributed by atoms with E-state index >= 15 is 0 Å². The molecule has 0 radical (unpaired) electrons. The van der Waals surface area contributed by atoms with E-state index in [0.717, 1.165) is 0 Å². The highest BCUT2D eigenvalue weighted by atomic mass is 35.5. The number of nitrogens with one attached hydrogen (secondary N) is 1. The number of nitrogens with zero attached hydrogens (tertiary/aromatic N) is 2. The Balaban J connectivity index is 3.16. The van der Waals surface area contributed by atoms with Crippen LogP contribution in [-0.2, 0) is 6.54 Å². The minimum atomic E-state index is -0.628. The van der Waals surface area contributed by atoms with Crippen molar-refractivity contribution in [3.63, 3.8) is 0 Å². The normalized spacial score (nSPS) is 11.8. The lowest BCUT2D eigenvalue weighted by Crippen LogP contribution is -2.45. The van der Waals surface area contributed by atoms with Crippen molar-refractivity contribution in [2.24, 2.45) is 0 Å². The molecule has 84 valence electrons. The molecule has 1 aromatic heterocycles. The van der Waals surface area contributed by atoms with E-state index in [0.29, 0.717) is 17.3 Å². The van der Waals surface area contributed by atoms with Gasteiger partial charge in [-0.05, 0) is 27.8 Å². The second kappa shape index (κ2) is 4.33. The van der Waals surface area contributed by atoms with Gasteiger partial charge in [0, 0.05) is 6.54 Å². The summed E-state index contributed by atoms with van der Waals surface area (Å²) in [5.41, 5.74) is -0.158. The maximum Gasteiger partial charge on any atom is 0.201 e. The van der Waals surface area contributed by atoms with E-state index in [1.54, 1.807) is 11.7 Å². The number of rotatable bonds is 4. The first-order valence-corrected chi connectivity index (χ1v) is 5.26. The first-order valence-electron chi connectivity index (χ1n) is 4.89. The molecule has 1 aromatic rings. The number of likely N-dealkylation sites (N-methyl/N-ethyl adjacent to an activating group) is 1. The monoisotopic (exact) mass is 229 g/mol. The zero-order chi connectivity index (χ0) is 11.6. The van der Waals surface area contributed by atoms with Gasteiger partial charge in [-0.3, -0.25) is 9.48 Å². The summed E-state index contributed by atoms with van der Waals surface area (Å²) in [6.45, 7) is 6.19. The fourth-order valence-electron chi connectivity index (χ4n) is 1.24. The van der Waals surface area contributed by atoms with Crippen molar-refractivity contribution < 1.29 is 4.79 Å². The standard InChI is InChI=1S/C10H16ClN3O/c1-5-14-8(7(11)6-13-14)9(15)10(2,3)12-4/h6,12H,5H2,1-4H3. The van der Waals surface area contributed by atoms with Gasteiger partial charge in [-0.2, -0.15) is 5.10 Å². The van der Waals surface area contributed by atoms with Crippen LogP contribution in [0.15, 0.2) is 6.20 Å². The maximum atomic E-state index is 12.2. The van der Waals surface area contributed by atoms with E-state index in [1.165, 1.54) is 6.20 Å². The van der Waals surface area contributed by atoms with Crippen LogP contribution in [0.25, 0.3) is 0 Å². The summed E-state index contributed by atoms with van der Waals surface area (Å²) < 4.78 is 1.61. The number of Topliss-reactive ketones (excluding diaryl/α,β-unsaturated/α-hetero) is 1. The molecule has 0 unspecified atom stereocenters. The highest BCUT2D eigenvalue weighted by molar-refractivity contribution is 6.34. The Labute approximate surface area is 94.6 Å². The van der Waals surface area contributed by atoms with Gasteiger partial charge in [-0.1, -0.05) is 11.6 Å². The molecular weight excluding hydrogens is 214 g/mol. The van der Waals surface area contributed by atoms with Crippen LogP contribution in [0, 0.1) is 0 Å². The SMILES string of the molecule is CCn1ncc(Cl)c1C(=O)C(C)(C)NC. The van der Waals surface area contributed by atoms with Gasteiger partial charge < -0.3 is 5.32 Å². The average molecular weight is 230 g/mol. The summed E-state index contributed by atoms with van der Waals surface area (Å²) in [5.74, 6) is -0.0469. The third-order valence-electron chi connectivity index (χ3n) is 2.50. The van der Waals surface area contributed by atoms with Crippen LogP contribution < -0.4 is 5.32 Å². The van der Waals surface area contributed by atoms with Crippen molar-refractivity contribution >= 4 is 17.4 Å². The molecule has 1 heterocycles. The van der Waals surface area contributed by atoms with Crippen molar-refractivity contribution in [2.75, 3.05) is 7.05 Å². The third kappa shape index (κ3) is 2.21. The molecule has 0 saturated heterocycles. The molecule has 1 rings (SSSR count). The van der Waals surface area contributed by atoms with E-state index in [4.69, 9.17) is 11.6 Å². The summed E-state index contributed by atoms with van der Waals surface area (Å²) >= 11 is 5.95. The molecule has 0 aliphatic rings. The van der Waals surface area contributed by atoms with E-state index in [1.807, 2.05) is 20.8 Å². The van der Waals surface area contributed by atoms with Crippen molar-refractivity contribution in [3.05, 3.63) is 16.9 Å². The van der Waals surface area contributed by atoms with Crippen LogP contribution in [0.5, 0.6) is 0 Å². The van der Waals surface area contributed by atoms with E-state index in [2.05, 4.69) is 10.4 Å². The summed E-state index contributed by atoms with van der Waals surface area (Å²) in [6, 6.07) is 0. The lowest BCUT2D eigenvalue weighted by atomic mass is 9.97. The number of hydrogen-bond acceptors (Lipinski definition) is 3. The number of halogens is 1. The Kier molecular flexibility index (Phi) is 3.52. The predicted octanol–water partition coefficient (Wildman–Crippen LogP) is 1.74. The zero-order valence-corrected chi connectivity index (χ0v) is 10.2. The number of carbonyl (C=O) groups is 1. The Morgan fingerprint density at radius 1 is 1.67 bits per heavy atom. The fourth-order valence-corrected chi connectivity index (χ4v) is 1.46. The smallest absolute Gasteiger partial charge is 0.201 e. The molecule has 0 aromatic carbocycles. The van der Waals surface area contributed by atoms with Crippen LogP contribution >= 0.6 is 11.6 Å². The van der Waals surface area contributed by atoms with Crippen molar-refractivity contribution in [2.45, 2.75) is 32.9 Å². The molecule has 4 nitrogen and oxygen atoms in total. The van der Waals surface area contributed by atoms with Crippen LogP contribution in [0.4, 0.5) is 0 Å². The molecule has 0 aliphatic heterocycles. The summed E-state index contributed by atoms with van der Waals surface area (Å²) in [6.07, 6.45) is 1.50. The van der Waals surface area contributed by atoms with Gasteiger partial charge in [-0.25, -0.2) is 0 Å². The molecule has 5 heteroatoms. The quantitative estimate of drug-likeness (QED) is 0.800. The van der Waals surface area contributed by atoms with Gasteiger partial charge >= 0.3 is 0 Å². The minimum Gasteiger partial charge on any atom is -0.308 e. The predicted molar refractivity (Wildman–Crippen MR) is 60.4 cm³/mol. The van der Waals surface area contributed by atoms with Crippen LogP contribution in [0.3, 0.4) is 0 Å². The van der Waals surface area contributed by atoms with Crippen molar-refractivity contribution in [1.29, 1.82) is 0 Å². The number of ketones is 1. The van der Waals surface area contributed by atoms with Gasteiger partial charge in [0.25, 0.3) is 0 Å². The van der Waals surface area contributed by atoms with Gasteiger partial charge in [0.15, 0.2) is 0 Å². The topological polar surface area (TPSA) is 46.9 Å². The summed E-state index contributed by atoms with van der Waals surface area (Å²) in [7, 11) is 1.75. The zero-order valence-electron chi connectivity index (χ0n) is 9.47. The summed E-state index contributed by atoms with van der Waals surface area (Å²) in [4.78, 5) is 12.2. The van der Waals surface area contributed by atoms with Crippen LogP contribution in [0.1, 0.15) is 31.3 Å². The highest BCUT2D eigenvalue weighted by Crippen LogP contribution is 2.20. The Morgan fingerprint density at radius 2 is 2.27 bits per heavy atom. The average Bonchev–Trinajstić information content (AvgIpc) is 2.58. The molecule has 0 atom stereocenters. The second-order valence-electron chi connectivity index (χ2n) is 3.86. The van der Waals surface area contributed by atoms with Gasteiger partial charge in [0.05, 0.1) is 16.8 Å². The molecule has 0 bridgehead atoms. The summed E-state index contributed by atoms with van der Waals surface area (Å²) in [5, 5.41) is 7.41. The first-order chi connectivity index (χ1) is 6.94. The molecule has 1 N–H and O–H groups in total. The van der Waals surface area contributed by atoms with Crippen molar-refractivity contribution in [3.8, 4) is 0 Å². The number of hydrogen-bond donors (Lipinski definition) is 1. The first kappa shape index (κ1) is 12.2. The van der Waals surface area contributed by atoms with E-state index in [-0.39, 0.29) is 5.78 Å². The molecule has 0 amide bonds. The van der Waals surface area contributed by atoms with Gasteiger partial charge in [-0.15, -0.1) is 0 Å². The van der Waals surface area contributed by atoms with Crippen LogP contribution in [-0.4, -0.2) is 28.2 Å². The fraction of sp³-hybridized carbons (Fsp3) is 0.600. The lowest BCUT2D eigenvalue weighted by Gasteiger charge is -2.22. The molecule has 0 spiro atoms. The molecular formula is C10H16ClN3O. The highest BCUT2D eigenvalue weighted by Gasteiger charge is 2.30. The van der Waals surface area contributed by atoms with E-state index < -0.39 is 5.54 Å². The maximum absolute atomic E-state index is 12.2. The number of carbonyl (C=O) groups excluding carboxylic acids is 1. The Bertz CT molecular complexity index is 371. The number of aryl methyl sites for hydroxylation is 1. The third-order valence-corrected chi connectivity index (χ3v) is 2.78. The Morgan fingerprint density at radius 3 is 2.73 bits per heavy atom. The molecule has 15 heavy (non-hydrogen) atoms. The van der Waals surface area contributed by atoms with Crippen LogP contribution in [0.2, 0.25) is 5.02 Å². The number of aromatic nitrogens is 2. The molecule has 0 saturated carbocycles. The second-order valence-corrected chi connectivity index (χ2v) is 4.27.